The molecule has 1 heterocycles. The molecule has 21 heavy (non-hydrogen) atoms. The van der Waals surface area contributed by atoms with E-state index >= 15 is 0 Å². The summed E-state index contributed by atoms with van der Waals surface area (Å²) >= 11 is 3.55. The molecule has 0 spiro atoms. The molecule has 4 heteroatoms. The van der Waals surface area contributed by atoms with E-state index in [0.717, 1.165) is 35.7 Å². The van der Waals surface area contributed by atoms with E-state index in [-0.39, 0.29) is 0 Å². The number of aromatic nitrogens is 1. The summed E-state index contributed by atoms with van der Waals surface area (Å²) in [6, 6.07) is 2.83. The van der Waals surface area contributed by atoms with E-state index in [2.05, 4.69) is 53.1 Å². The molecule has 0 amide bonds. The zero-order chi connectivity index (χ0) is 15.2. The van der Waals surface area contributed by atoms with Crippen molar-refractivity contribution in [1.82, 2.24) is 10.3 Å². The predicted molar refractivity (Wildman–Crippen MR) is 93.8 cm³/mol. The van der Waals surface area contributed by atoms with Gasteiger partial charge in [-0.25, -0.2) is 4.98 Å². The van der Waals surface area contributed by atoms with Crippen LogP contribution in [0.4, 0.5) is 5.82 Å². The van der Waals surface area contributed by atoms with Crippen LogP contribution in [0.15, 0.2) is 16.7 Å². The minimum atomic E-state index is 0.623. The van der Waals surface area contributed by atoms with Crippen LogP contribution in [0.2, 0.25) is 0 Å². The Morgan fingerprint density at radius 1 is 1.38 bits per heavy atom. The van der Waals surface area contributed by atoms with Gasteiger partial charge >= 0.3 is 0 Å². The summed E-state index contributed by atoms with van der Waals surface area (Å²) in [6.45, 7) is 6.52. The van der Waals surface area contributed by atoms with E-state index in [1.165, 1.54) is 31.2 Å². The van der Waals surface area contributed by atoms with Crippen molar-refractivity contribution in [2.45, 2.75) is 58.5 Å². The third-order valence-corrected chi connectivity index (χ3v) is 4.98. The molecule has 0 bridgehead atoms. The van der Waals surface area contributed by atoms with Crippen LogP contribution in [0.5, 0.6) is 0 Å². The average Bonchev–Trinajstić information content (AvgIpc) is 2.47. The summed E-state index contributed by atoms with van der Waals surface area (Å²) in [5.41, 5.74) is 1.29. The monoisotopic (exact) mass is 353 g/mol. The third kappa shape index (κ3) is 4.43. The van der Waals surface area contributed by atoms with Crippen molar-refractivity contribution in [3.05, 3.63) is 22.3 Å². The Bertz CT molecular complexity index is 450. The molecule has 1 aromatic rings. The van der Waals surface area contributed by atoms with Crippen LogP contribution in [-0.2, 0) is 6.54 Å². The first-order chi connectivity index (χ1) is 10.1. The zero-order valence-electron chi connectivity index (χ0n) is 13.5. The summed E-state index contributed by atoms with van der Waals surface area (Å²) in [4.78, 5) is 7.12. The Morgan fingerprint density at radius 2 is 2.14 bits per heavy atom. The molecule has 2 unspecified atom stereocenters. The number of anilines is 1. The van der Waals surface area contributed by atoms with Crippen molar-refractivity contribution in [3.63, 3.8) is 0 Å². The molecular weight excluding hydrogens is 326 g/mol. The Labute approximate surface area is 137 Å². The van der Waals surface area contributed by atoms with Gasteiger partial charge in [-0.1, -0.05) is 26.7 Å². The van der Waals surface area contributed by atoms with E-state index in [9.17, 15) is 0 Å². The van der Waals surface area contributed by atoms with Crippen molar-refractivity contribution in [1.29, 1.82) is 0 Å². The summed E-state index contributed by atoms with van der Waals surface area (Å²) in [5, 5.41) is 3.50. The Morgan fingerprint density at radius 3 is 2.86 bits per heavy atom. The van der Waals surface area contributed by atoms with Gasteiger partial charge in [0.2, 0.25) is 0 Å². The lowest BCUT2D eigenvalue weighted by atomic mass is 9.85. The molecular formula is C17H28BrN3. The molecule has 0 aliphatic heterocycles. The summed E-state index contributed by atoms with van der Waals surface area (Å²) < 4.78 is 1.06. The van der Waals surface area contributed by atoms with Crippen LogP contribution in [0.1, 0.15) is 51.5 Å². The SMILES string of the molecule is CCCNCc1cc(Br)cnc1N(C)C1CCCCC1C. The van der Waals surface area contributed by atoms with Gasteiger partial charge in [0.1, 0.15) is 5.82 Å². The number of halogens is 1. The average molecular weight is 354 g/mol. The quantitative estimate of drug-likeness (QED) is 0.770. The molecule has 2 atom stereocenters. The molecule has 1 aliphatic carbocycles. The van der Waals surface area contributed by atoms with Gasteiger partial charge in [0.05, 0.1) is 0 Å². The van der Waals surface area contributed by atoms with Crippen LogP contribution in [0.3, 0.4) is 0 Å². The number of nitrogens with one attached hydrogen (secondary N) is 1. The Balaban J connectivity index is 2.16. The van der Waals surface area contributed by atoms with Gasteiger partial charge in [0, 0.05) is 35.9 Å². The zero-order valence-corrected chi connectivity index (χ0v) is 15.1. The maximum absolute atomic E-state index is 4.71. The lowest BCUT2D eigenvalue weighted by molar-refractivity contribution is 0.320. The van der Waals surface area contributed by atoms with E-state index in [4.69, 9.17) is 4.98 Å². The summed E-state index contributed by atoms with van der Waals surface area (Å²) in [5.74, 6) is 1.89. The molecule has 0 saturated heterocycles. The van der Waals surface area contributed by atoms with E-state index < -0.39 is 0 Å². The van der Waals surface area contributed by atoms with Crippen molar-refractivity contribution in [2.75, 3.05) is 18.5 Å². The highest BCUT2D eigenvalue weighted by Gasteiger charge is 2.26. The molecule has 1 saturated carbocycles. The number of pyridine rings is 1. The molecule has 0 aromatic carbocycles. The van der Waals surface area contributed by atoms with Crippen molar-refractivity contribution >= 4 is 21.7 Å². The third-order valence-electron chi connectivity index (χ3n) is 4.55. The van der Waals surface area contributed by atoms with Crippen LogP contribution in [0.25, 0.3) is 0 Å². The fourth-order valence-electron chi connectivity index (χ4n) is 3.35. The highest BCUT2D eigenvalue weighted by molar-refractivity contribution is 9.10. The van der Waals surface area contributed by atoms with Gasteiger partial charge in [-0.2, -0.15) is 0 Å². The summed E-state index contributed by atoms with van der Waals surface area (Å²) in [7, 11) is 2.21. The van der Waals surface area contributed by atoms with Crippen LogP contribution < -0.4 is 10.2 Å². The molecule has 3 nitrogen and oxygen atoms in total. The highest BCUT2D eigenvalue weighted by atomic mass is 79.9. The minimum absolute atomic E-state index is 0.623. The number of nitrogens with zero attached hydrogens (tertiary/aromatic N) is 2. The van der Waals surface area contributed by atoms with Gasteiger partial charge < -0.3 is 10.2 Å². The Hall–Kier alpha value is -0.610. The smallest absolute Gasteiger partial charge is 0.133 e. The van der Waals surface area contributed by atoms with E-state index in [1.54, 1.807) is 0 Å². The summed E-state index contributed by atoms with van der Waals surface area (Å²) in [6.07, 6.45) is 8.44. The molecule has 1 fully saturated rings. The van der Waals surface area contributed by atoms with Crippen LogP contribution in [0, 0.1) is 5.92 Å². The number of rotatable bonds is 6. The van der Waals surface area contributed by atoms with Crippen molar-refractivity contribution in [2.24, 2.45) is 5.92 Å². The highest BCUT2D eigenvalue weighted by Crippen LogP contribution is 2.31. The van der Waals surface area contributed by atoms with Gasteiger partial charge in [-0.05, 0) is 53.7 Å². The van der Waals surface area contributed by atoms with Gasteiger partial charge in [-0.3, -0.25) is 0 Å². The van der Waals surface area contributed by atoms with Crippen LogP contribution >= 0.6 is 15.9 Å². The number of hydrogen-bond donors (Lipinski definition) is 1. The molecule has 0 radical (unpaired) electrons. The first-order valence-electron chi connectivity index (χ1n) is 8.21. The topological polar surface area (TPSA) is 28.2 Å². The predicted octanol–water partition coefficient (Wildman–Crippen LogP) is 4.36. The van der Waals surface area contributed by atoms with E-state index in [1.807, 2.05) is 6.20 Å². The van der Waals surface area contributed by atoms with E-state index in [0.29, 0.717) is 6.04 Å². The van der Waals surface area contributed by atoms with Crippen molar-refractivity contribution < 1.29 is 0 Å². The first-order valence-corrected chi connectivity index (χ1v) is 9.00. The molecule has 2 rings (SSSR count). The molecule has 1 aliphatic rings. The lowest BCUT2D eigenvalue weighted by Gasteiger charge is -2.37. The van der Waals surface area contributed by atoms with Gasteiger partial charge in [-0.15, -0.1) is 0 Å². The normalized spacial score (nSPS) is 22.3. The second kappa shape index (κ2) is 8.14. The fourth-order valence-corrected chi connectivity index (χ4v) is 3.73. The van der Waals surface area contributed by atoms with Gasteiger partial charge in [0.25, 0.3) is 0 Å². The molecule has 118 valence electrons. The fraction of sp³-hybridized carbons (Fsp3) is 0.706. The lowest BCUT2D eigenvalue weighted by Crippen LogP contribution is -2.40. The Kier molecular flexibility index (Phi) is 6.49. The first kappa shape index (κ1) is 16.8. The maximum atomic E-state index is 4.71. The second-order valence-electron chi connectivity index (χ2n) is 6.25. The van der Waals surface area contributed by atoms with Crippen molar-refractivity contribution in [3.8, 4) is 0 Å². The standard InChI is InChI=1S/C17H28BrN3/c1-4-9-19-11-14-10-15(18)12-20-17(14)21(3)16-8-6-5-7-13(16)2/h10,12-13,16,19H,4-9,11H2,1-3H3. The minimum Gasteiger partial charge on any atom is -0.356 e. The number of hydrogen-bond acceptors (Lipinski definition) is 3. The van der Waals surface area contributed by atoms with Gasteiger partial charge in [0.15, 0.2) is 0 Å². The molecule has 1 aromatic heterocycles. The maximum Gasteiger partial charge on any atom is 0.133 e. The largest absolute Gasteiger partial charge is 0.356 e. The molecule has 1 N–H and O–H groups in total. The second-order valence-corrected chi connectivity index (χ2v) is 7.17. The van der Waals surface area contributed by atoms with Crippen LogP contribution in [-0.4, -0.2) is 24.6 Å².